The van der Waals surface area contributed by atoms with Gasteiger partial charge in [-0.25, -0.2) is 14.8 Å². The number of carbonyl (C=O) groups is 5. The molecule has 43 heavy (non-hydrogen) atoms. The highest BCUT2D eigenvalue weighted by Gasteiger charge is 2.32. The third-order valence-electron chi connectivity index (χ3n) is 6.62. The van der Waals surface area contributed by atoms with E-state index >= 15 is 0 Å². The number of amides is 4. The fraction of sp³-hybridized carbons (Fsp3) is 0.577. The van der Waals surface area contributed by atoms with Crippen LogP contribution in [0.3, 0.4) is 0 Å². The molecular weight excluding hydrogens is 580 g/mol. The molecule has 17 heteroatoms. The monoisotopic (exact) mass is 622 g/mol. The van der Waals surface area contributed by atoms with E-state index in [0.29, 0.717) is 30.8 Å². The van der Waals surface area contributed by atoms with Crippen molar-refractivity contribution >= 4 is 42.2 Å². The minimum atomic E-state index is -1.23. The number of imidazole rings is 2. The predicted octanol–water partition coefficient (Wildman–Crippen LogP) is -2.02. The standard InChI is InChI=1S/C26H42N10O6S/c1-14(2)21(28)25(40)36-20(11-43)24(39)35-19(8-16-10-30-13-32-16)23(38)34-18(7-15-9-29-12-31-15)22(37)33-17(26(41)42)5-3-4-6-27/h9-10,12-14,17-21,43H,3-8,11,27-28H2,1-2H3,(H,29,31)(H,30,32)(H,33,37)(H,34,38)(H,35,39)(H,36,40)(H,41,42)/t17-,18-,19-,20-,21-/m0/s1. The van der Waals surface area contributed by atoms with Gasteiger partial charge in [0.15, 0.2) is 0 Å². The van der Waals surface area contributed by atoms with E-state index in [9.17, 15) is 29.1 Å². The second-order valence-corrected chi connectivity index (χ2v) is 10.7. The quantitative estimate of drug-likeness (QED) is 0.0607. The molecule has 5 atom stereocenters. The number of hydrogen-bond donors (Lipinski definition) is 10. The molecule has 0 aliphatic rings. The van der Waals surface area contributed by atoms with Crippen molar-refractivity contribution in [3.63, 3.8) is 0 Å². The molecule has 0 aliphatic carbocycles. The Kier molecular flexibility index (Phi) is 14.6. The highest BCUT2D eigenvalue weighted by Crippen LogP contribution is 2.07. The summed E-state index contributed by atoms with van der Waals surface area (Å²) >= 11 is 4.17. The summed E-state index contributed by atoms with van der Waals surface area (Å²) in [5, 5.41) is 19.9. The highest BCUT2D eigenvalue weighted by atomic mass is 32.1. The van der Waals surface area contributed by atoms with Gasteiger partial charge in [0, 0.05) is 42.4 Å². The van der Waals surface area contributed by atoms with Crippen molar-refractivity contribution in [1.29, 1.82) is 0 Å². The average molecular weight is 623 g/mol. The minimum Gasteiger partial charge on any atom is -0.480 e. The summed E-state index contributed by atoms with van der Waals surface area (Å²) in [4.78, 5) is 77.9. The second kappa shape index (κ2) is 17.9. The zero-order chi connectivity index (χ0) is 31.9. The molecule has 2 aromatic rings. The number of nitrogens with one attached hydrogen (secondary N) is 6. The number of H-pyrrole nitrogens is 2. The van der Waals surface area contributed by atoms with Crippen LogP contribution >= 0.6 is 12.6 Å². The van der Waals surface area contributed by atoms with Gasteiger partial charge in [-0.1, -0.05) is 13.8 Å². The van der Waals surface area contributed by atoms with Crippen LogP contribution in [0.1, 0.15) is 44.5 Å². The van der Waals surface area contributed by atoms with Gasteiger partial charge in [-0.2, -0.15) is 12.6 Å². The molecule has 0 aromatic carbocycles. The Labute approximate surface area is 254 Å². The molecule has 238 valence electrons. The van der Waals surface area contributed by atoms with Gasteiger partial charge in [-0.15, -0.1) is 0 Å². The summed E-state index contributed by atoms with van der Waals surface area (Å²) < 4.78 is 0. The summed E-state index contributed by atoms with van der Waals surface area (Å²) in [6, 6.07) is -5.60. The van der Waals surface area contributed by atoms with Crippen LogP contribution in [-0.4, -0.2) is 97.1 Å². The first-order chi connectivity index (χ1) is 20.5. The fourth-order valence-corrected chi connectivity index (χ4v) is 4.24. The van der Waals surface area contributed by atoms with Crippen LogP contribution in [0.2, 0.25) is 0 Å². The van der Waals surface area contributed by atoms with E-state index in [2.05, 4.69) is 53.8 Å². The van der Waals surface area contributed by atoms with E-state index in [4.69, 9.17) is 11.5 Å². The van der Waals surface area contributed by atoms with Crippen LogP contribution in [0.4, 0.5) is 0 Å². The van der Waals surface area contributed by atoms with Gasteiger partial charge >= 0.3 is 5.97 Å². The number of carbonyl (C=O) groups excluding carboxylic acids is 4. The molecule has 0 fully saturated rings. The number of aromatic nitrogens is 4. The van der Waals surface area contributed by atoms with E-state index in [1.54, 1.807) is 13.8 Å². The number of thiol groups is 1. The maximum Gasteiger partial charge on any atom is 0.326 e. The van der Waals surface area contributed by atoms with E-state index in [1.807, 2.05) is 0 Å². The van der Waals surface area contributed by atoms with E-state index in [0.717, 1.165) is 0 Å². The van der Waals surface area contributed by atoms with Crippen LogP contribution in [0.25, 0.3) is 0 Å². The highest BCUT2D eigenvalue weighted by molar-refractivity contribution is 7.80. The van der Waals surface area contributed by atoms with Crippen molar-refractivity contribution in [2.24, 2.45) is 17.4 Å². The topological polar surface area (TPSA) is 263 Å². The van der Waals surface area contributed by atoms with Gasteiger partial charge < -0.3 is 47.8 Å². The normalized spacial score (nSPS) is 14.7. The third kappa shape index (κ3) is 11.7. The number of rotatable bonds is 19. The maximum absolute atomic E-state index is 13.6. The number of aromatic amines is 2. The summed E-state index contributed by atoms with van der Waals surface area (Å²) in [6.45, 7) is 3.91. The lowest BCUT2D eigenvalue weighted by molar-refractivity contribution is -0.142. The van der Waals surface area contributed by atoms with Crippen molar-refractivity contribution in [2.75, 3.05) is 12.3 Å². The Morgan fingerprint density at radius 2 is 1.28 bits per heavy atom. The van der Waals surface area contributed by atoms with E-state index in [-0.39, 0.29) is 30.9 Å². The van der Waals surface area contributed by atoms with Crippen LogP contribution < -0.4 is 32.7 Å². The van der Waals surface area contributed by atoms with Gasteiger partial charge in [0.05, 0.1) is 18.7 Å². The number of unbranched alkanes of at least 4 members (excludes halogenated alkanes) is 1. The third-order valence-corrected chi connectivity index (χ3v) is 6.99. The van der Waals surface area contributed by atoms with Gasteiger partial charge in [0.1, 0.15) is 24.2 Å². The summed E-state index contributed by atoms with van der Waals surface area (Å²) in [5.41, 5.74) is 12.4. The predicted molar refractivity (Wildman–Crippen MR) is 160 cm³/mol. The molecule has 2 rings (SSSR count). The summed E-state index contributed by atoms with van der Waals surface area (Å²) in [5.74, 6) is -4.19. The molecule has 0 bridgehead atoms. The Balaban J connectivity index is 2.25. The Hall–Kier alpha value is -3.96. The molecule has 16 nitrogen and oxygen atoms in total. The SMILES string of the molecule is CC(C)[C@H](N)C(=O)N[C@@H](CS)C(=O)N[C@@H](Cc1cnc[nH]1)C(=O)N[C@@H](Cc1cnc[nH]1)C(=O)N[C@@H](CCCCN)C(=O)O. The molecule has 0 radical (unpaired) electrons. The van der Waals surface area contributed by atoms with E-state index in [1.165, 1.54) is 25.0 Å². The van der Waals surface area contributed by atoms with Crippen molar-refractivity contribution in [3.8, 4) is 0 Å². The molecular formula is C26H42N10O6S. The molecule has 2 aromatic heterocycles. The lowest BCUT2D eigenvalue weighted by Crippen LogP contribution is -2.60. The smallest absolute Gasteiger partial charge is 0.326 e. The zero-order valence-electron chi connectivity index (χ0n) is 24.2. The van der Waals surface area contributed by atoms with Crippen molar-refractivity contribution in [2.45, 2.75) is 76.2 Å². The number of hydrogen-bond acceptors (Lipinski definition) is 10. The molecule has 0 saturated heterocycles. The number of carboxylic acid groups (broad SMARTS) is 1. The average Bonchev–Trinajstić information content (AvgIpc) is 3.68. The zero-order valence-corrected chi connectivity index (χ0v) is 25.1. The van der Waals surface area contributed by atoms with Gasteiger partial charge in [-0.3, -0.25) is 19.2 Å². The first-order valence-electron chi connectivity index (χ1n) is 13.9. The second-order valence-electron chi connectivity index (χ2n) is 10.4. The number of aliphatic carboxylic acids is 1. The molecule has 0 spiro atoms. The van der Waals surface area contributed by atoms with Crippen LogP contribution in [0.5, 0.6) is 0 Å². The maximum atomic E-state index is 13.6. The molecule has 2 heterocycles. The molecule has 0 aliphatic heterocycles. The number of nitrogens with two attached hydrogens (primary N) is 2. The van der Waals surface area contributed by atoms with Crippen LogP contribution in [-0.2, 0) is 36.8 Å². The first-order valence-corrected chi connectivity index (χ1v) is 14.5. The van der Waals surface area contributed by atoms with Crippen molar-refractivity contribution < 1.29 is 29.1 Å². The van der Waals surface area contributed by atoms with Gasteiger partial charge in [0.25, 0.3) is 0 Å². The van der Waals surface area contributed by atoms with Crippen molar-refractivity contribution in [1.82, 2.24) is 41.2 Å². The summed E-state index contributed by atoms with van der Waals surface area (Å²) in [6.07, 6.45) is 6.88. The van der Waals surface area contributed by atoms with Crippen LogP contribution in [0.15, 0.2) is 25.0 Å². The Bertz CT molecular complexity index is 1180. The largest absolute Gasteiger partial charge is 0.480 e. The van der Waals surface area contributed by atoms with Gasteiger partial charge in [-0.05, 0) is 31.7 Å². The van der Waals surface area contributed by atoms with E-state index < -0.39 is 59.8 Å². The summed E-state index contributed by atoms with van der Waals surface area (Å²) in [7, 11) is 0. The lowest BCUT2D eigenvalue weighted by Gasteiger charge is -2.26. The van der Waals surface area contributed by atoms with Gasteiger partial charge in [0.2, 0.25) is 23.6 Å². The molecule has 0 saturated carbocycles. The fourth-order valence-electron chi connectivity index (χ4n) is 3.98. The Morgan fingerprint density at radius 3 is 1.67 bits per heavy atom. The molecule has 4 amide bonds. The first kappa shape index (κ1) is 35.2. The molecule has 0 unspecified atom stereocenters. The Morgan fingerprint density at radius 1 is 0.814 bits per heavy atom. The lowest BCUT2D eigenvalue weighted by atomic mass is 10.0. The van der Waals surface area contributed by atoms with Crippen molar-refractivity contribution in [3.05, 3.63) is 36.4 Å². The number of nitrogens with zero attached hydrogens (tertiary/aromatic N) is 2. The molecule has 11 N–H and O–H groups in total. The minimum absolute atomic E-state index is 0.0362. The van der Waals surface area contributed by atoms with Crippen LogP contribution in [0, 0.1) is 5.92 Å². The number of carboxylic acids is 1.